The van der Waals surface area contributed by atoms with Crippen LogP contribution in [-0.2, 0) is 23.0 Å². The third-order valence-electron chi connectivity index (χ3n) is 18.3. The van der Waals surface area contributed by atoms with E-state index in [-0.39, 0.29) is 51.2 Å². The largest absolute Gasteiger partial charge is 0.508 e. The Morgan fingerprint density at radius 1 is 0.907 bits per heavy atom. The molecule has 394 valence electrons. The maximum absolute atomic E-state index is 17.3. The number of likely N-dealkylation sites (tertiary alicyclic amines) is 1. The number of carbonyl (C=O) groups excluding carboxylic acids is 1. The number of halogens is 3. The number of aryl methyl sites for hydroxylation is 2. The van der Waals surface area contributed by atoms with Gasteiger partial charge in [-0.25, -0.2) is 13.2 Å². The Balaban J connectivity index is 0.645. The Bertz CT molecular complexity index is 3260. The maximum atomic E-state index is 17.3. The van der Waals surface area contributed by atoms with E-state index in [4.69, 9.17) is 24.5 Å². The number of aromatic hydroxyl groups is 1. The van der Waals surface area contributed by atoms with Gasteiger partial charge in [-0.1, -0.05) is 19.6 Å². The molecule has 2 N–H and O–H groups in total. The highest BCUT2D eigenvalue weighted by atomic mass is 19.1. The minimum Gasteiger partial charge on any atom is -0.508 e. The van der Waals surface area contributed by atoms with Crippen LogP contribution in [0.5, 0.6) is 11.8 Å². The molecule has 1 unspecified atom stereocenters. The number of aromatic nitrogens is 5. The van der Waals surface area contributed by atoms with Crippen LogP contribution in [0.2, 0.25) is 0 Å². The number of piperidine rings is 3. The zero-order chi connectivity index (χ0) is 51.4. The first-order valence-electron chi connectivity index (χ1n) is 27.4. The first kappa shape index (κ1) is 48.6. The van der Waals surface area contributed by atoms with Gasteiger partial charge in [0.05, 0.1) is 41.3 Å². The lowest BCUT2D eigenvalue weighted by atomic mass is 9.55. The van der Waals surface area contributed by atoms with E-state index in [0.717, 1.165) is 132 Å². The van der Waals surface area contributed by atoms with Crippen molar-refractivity contribution in [2.45, 2.75) is 101 Å². The standard InChI is InChI=1S/C58H67F3N10O4/c1-4-40-45(59)11-7-37-26-39(72)28-43(47(37)40)50-48(60)51-44(29-62-50)52(71-18-5-12-58(34-71)17-25-75-58)65-54(64-51)74-35-56(13-14-56)32-68-19-15-55(16-20-68)30-57(61,31-55)33-69-21-23-70(24-22-69)38-8-10-41-46(27-38)67(3)66-49(41)42-9-6-36(2)63-53(42)73/h7-8,10-11,26-29,42,72H,2,4-6,9,12-25,30-35H2,1,3H3,(H,63,73)/t42?,58-/m0/s1. The van der Waals surface area contributed by atoms with Gasteiger partial charge in [-0.15, -0.1) is 0 Å². The van der Waals surface area contributed by atoms with Gasteiger partial charge in [0.25, 0.3) is 0 Å². The number of anilines is 2. The number of carbonyl (C=O) groups is 1. The highest BCUT2D eigenvalue weighted by Gasteiger charge is 2.57. The molecular weight excluding hydrogens is 958 g/mol. The molecule has 7 aliphatic rings. The number of benzene rings is 3. The molecule has 3 aromatic carbocycles. The fourth-order valence-electron chi connectivity index (χ4n) is 14.0. The predicted molar refractivity (Wildman–Crippen MR) is 283 cm³/mol. The molecule has 13 rings (SSSR count). The van der Waals surface area contributed by atoms with Crippen molar-refractivity contribution in [2.75, 3.05) is 88.5 Å². The van der Waals surface area contributed by atoms with Gasteiger partial charge in [0, 0.05) is 99.8 Å². The Hall–Kier alpha value is -6.04. The van der Waals surface area contributed by atoms with E-state index in [1.165, 1.54) is 12.1 Å². The fraction of sp³-hybridized carbons (Fsp3) is 0.534. The Labute approximate surface area is 435 Å². The maximum Gasteiger partial charge on any atom is 0.319 e. The summed E-state index contributed by atoms with van der Waals surface area (Å²) in [6.07, 6.45) is 11.4. The molecule has 75 heavy (non-hydrogen) atoms. The smallest absolute Gasteiger partial charge is 0.319 e. The zero-order valence-electron chi connectivity index (χ0n) is 43.2. The number of allylic oxidation sites excluding steroid dienone is 1. The molecule has 0 radical (unpaired) electrons. The lowest BCUT2D eigenvalue weighted by molar-refractivity contribution is -0.151. The molecule has 2 atom stereocenters. The minimum atomic E-state index is -1.17. The molecular formula is C58H67F3N10O4. The van der Waals surface area contributed by atoms with Crippen LogP contribution in [0.25, 0.3) is 43.8 Å². The minimum absolute atomic E-state index is 0.0277. The van der Waals surface area contributed by atoms with Crippen molar-refractivity contribution in [1.29, 1.82) is 0 Å². The van der Waals surface area contributed by atoms with Crippen LogP contribution < -0.4 is 19.9 Å². The molecule has 2 spiro atoms. The number of nitrogens with one attached hydrogen (secondary N) is 1. The highest BCUT2D eigenvalue weighted by Crippen LogP contribution is 2.58. The SMILES string of the molecule is C=C1CCC(c2nn(C)c3cc(N4CCN(CC5(F)CC6(CCN(CC7(COc8nc(N9CCC[C@]%10(CCO%10)C9)c9cnc(-c%10cc(O)cc%11ccc(F)c(CC)c%10%11)c(F)c9n8)CC7)CC6)C5)CC4)ccc23)C(=O)N1. The third kappa shape index (κ3) is 8.83. The molecule has 2 saturated carbocycles. The van der Waals surface area contributed by atoms with Crippen LogP contribution in [-0.4, -0.2) is 135 Å². The number of piperazine rings is 1. The Kier molecular flexibility index (Phi) is 11.9. The van der Waals surface area contributed by atoms with Crippen LogP contribution in [0.15, 0.2) is 60.9 Å². The summed E-state index contributed by atoms with van der Waals surface area (Å²) in [5.74, 6) is -0.928. The van der Waals surface area contributed by atoms with E-state index >= 15 is 13.2 Å². The fourth-order valence-corrected chi connectivity index (χ4v) is 14.0. The Morgan fingerprint density at radius 2 is 1.69 bits per heavy atom. The van der Waals surface area contributed by atoms with E-state index in [9.17, 15) is 9.90 Å². The van der Waals surface area contributed by atoms with E-state index in [0.29, 0.717) is 85.0 Å². The van der Waals surface area contributed by atoms with Crippen LogP contribution in [0.4, 0.5) is 24.7 Å². The van der Waals surface area contributed by atoms with Gasteiger partial charge in [0.1, 0.15) is 34.3 Å². The van der Waals surface area contributed by atoms with Gasteiger partial charge in [-0.3, -0.25) is 19.4 Å². The summed E-state index contributed by atoms with van der Waals surface area (Å²) in [6, 6.07) is 12.5. The molecule has 6 aromatic rings. The van der Waals surface area contributed by atoms with E-state index in [1.807, 2.05) is 18.7 Å². The quantitative estimate of drug-likeness (QED) is 0.121. The van der Waals surface area contributed by atoms with Crippen LogP contribution in [0.1, 0.15) is 94.7 Å². The van der Waals surface area contributed by atoms with Crippen molar-refractivity contribution in [3.05, 3.63) is 83.8 Å². The van der Waals surface area contributed by atoms with Gasteiger partial charge in [-0.05, 0) is 142 Å². The van der Waals surface area contributed by atoms with Crippen molar-refractivity contribution < 1.29 is 32.5 Å². The van der Waals surface area contributed by atoms with E-state index < -0.39 is 17.3 Å². The summed E-state index contributed by atoms with van der Waals surface area (Å²) in [5.41, 5.74) is 3.01. The summed E-state index contributed by atoms with van der Waals surface area (Å²) in [4.78, 5) is 36.6. The number of nitrogens with zero attached hydrogens (tertiary/aromatic N) is 9. The van der Waals surface area contributed by atoms with Gasteiger partial charge in [-0.2, -0.15) is 15.1 Å². The monoisotopic (exact) mass is 1020 g/mol. The molecule has 2 aliphatic carbocycles. The number of ether oxygens (including phenoxy) is 2. The number of pyridine rings is 1. The summed E-state index contributed by atoms with van der Waals surface area (Å²) >= 11 is 0. The number of amides is 1. The first-order valence-corrected chi connectivity index (χ1v) is 27.4. The lowest BCUT2D eigenvalue weighted by Gasteiger charge is -2.57. The number of phenols is 1. The van der Waals surface area contributed by atoms with Crippen LogP contribution in [0, 0.1) is 22.5 Å². The van der Waals surface area contributed by atoms with Gasteiger partial charge >= 0.3 is 6.01 Å². The molecule has 17 heteroatoms. The number of alkyl halides is 1. The summed E-state index contributed by atoms with van der Waals surface area (Å²) in [5, 5.41) is 21.0. The zero-order valence-corrected chi connectivity index (χ0v) is 43.2. The first-order chi connectivity index (χ1) is 36.2. The molecule has 14 nitrogen and oxygen atoms in total. The molecule has 7 fully saturated rings. The Morgan fingerprint density at radius 3 is 2.43 bits per heavy atom. The summed E-state index contributed by atoms with van der Waals surface area (Å²) in [7, 11) is 1.94. The van der Waals surface area contributed by atoms with Gasteiger partial charge < -0.3 is 34.6 Å². The summed E-state index contributed by atoms with van der Waals surface area (Å²) < 4.78 is 63.6. The normalized spacial score (nSPS) is 24.5. The number of phenolic OH excluding ortho intramolecular Hbond substituents is 1. The van der Waals surface area contributed by atoms with Gasteiger partial charge in [0.2, 0.25) is 5.91 Å². The number of hydrogen-bond acceptors (Lipinski definition) is 12. The topological polar surface area (TPSA) is 137 Å². The van der Waals surface area contributed by atoms with Crippen molar-refractivity contribution in [2.24, 2.45) is 17.9 Å². The van der Waals surface area contributed by atoms with Crippen LogP contribution in [0.3, 0.4) is 0 Å². The summed E-state index contributed by atoms with van der Waals surface area (Å²) in [6.45, 7) is 14.7. The second-order valence-corrected chi connectivity index (χ2v) is 23.5. The van der Waals surface area contributed by atoms with E-state index in [1.54, 1.807) is 18.3 Å². The molecule has 1 amide bonds. The second-order valence-electron chi connectivity index (χ2n) is 23.5. The third-order valence-corrected chi connectivity index (χ3v) is 18.3. The average Bonchev–Trinajstić information content (AvgIpc) is 4.09. The number of hydrogen-bond donors (Lipinski definition) is 2. The molecule has 5 saturated heterocycles. The van der Waals surface area contributed by atoms with Crippen molar-refractivity contribution in [3.63, 3.8) is 0 Å². The highest BCUT2D eigenvalue weighted by molar-refractivity contribution is 6.02. The molecule has 8 heterocycles. The molecule has 5 aliphatic heterocycles. The molecule has 3 aromatic heterocycles. The second kappa shape index (κ2) is 18.3. The van der Waals surface area contributed by atoms with Gasteiger partial charge in [0.15, 0.2) is 5.82 Å². The van der Waals surface area contributed by atoms with Crippen molar-refractivity contribution >= 4 is 50.0 Å². The molecule has 0 bridgehead atoms. The lowest BCUT2D eigenvalue weighted by Crippen LogP contribution is -2.60. The predicted octanol–water partition coefficient (Wildman–Crippen LogP) is 9.11. The number of fused-ring (bicyclic) bond motifs is 3. The van der Waals surface area contributed by atoms with Crippen molar-refractivity contribution in [3.8, 4) is 23.0 Å². The average molecular weight is 1030 g/mol. The van der Waals surface area contributed by atoms with Crippen molar-refractivity contribution in [1.82, 2.24) is 39.8 Å². The van der Waals surface area contributed by atoms with Crippen LogP contribution >= 0.6 is 0 Å². The number of rotatable bonds is 12. The van der Waals surface area contributed by atoms with E-state index in [2.05, 4.69) is 54.7 Å².